The first-order valence-corrected chi connectivity index (χ1v) is 5.08. The van der Waals surface area contributed by atoms with Crippen LogP contribution in [0.15, 0.2) is 18.2 Å². The zero-order valence-corrected chi connectivity index (χ0v) is 9.05. The number of ether oxygens (including phenoxy) is 1. The molecule has 2 nitrogen and oxygen atoms in total. The SMILES string of the molecule is CC(C)(C)c1ccc2c(c1)NCCO2. The Hall–Kier alpha value is -1.18. The highest BCUT2D eigenvalue weighted by atomic mass is 16.5. The number of hydrogen-bond acceptors (Lipinski definition) is 2. The maximum Gasteiger partial charge on any atom is 0.142 e. The summed E-state index contributed by atoms with van der Waals surface area (Å²) in [6.07, 6.45) is 0. The van der Waals surface area contributed by atoms with Gasteiger partial charge in [0.1, 0.15) is 12.4 Å². The highest BCUT2D eigenvalue weighted by Gasteiger charge is 2.17. The number of anilines is 1. The lowest BCUT2D eigenvalue weighted by atomic mass is 9.86. The Morgan fingerprint density at radius 2 is 2.07 bits per heavy atom. The molecule has 1 aliphatic rings. The van der Waals surface area contributed by atoms with E-state index >= 15 is 0 Å². The fraction of sp³-hybridized carbons (Fsp3) is 0.500. The molecule has 1 aliphatic heterocycles. The molecular formula is C12H17NO. The Morgan fingerprint density at radius 1 is 1.29 bits per heavy atom. The standard InChI is InChI=1S/C12H17NO/c1-12(2,3)9-4-5-11-10(8-9)13-6-7-14-11/h4-5,8,13H,6-7H2,1-3H3. The van der Waals surface area contributed by atoms with Gasteiger partial charge in [-0.25, -0.2) is 0 Å². The lowest BCUT2D eigenvalue weighted by Gasteiger charge is -2.24. The predicted molar refractivity (Wildman–Crippen MR) is 59.1 cm³/mol. The quantitative estimate of drug-likeness (QED) is 0.681. The molecule has 2 heteroatoms. The summed E-state index contributed by atoms with van der Waals surface area (Å²) in [5, 5.41) is 3.35. The van der Waals surface area contributed by atoms with Crippen LogP contribution in [0.3, 0.4) is 0 Å². The Bertz CT molecular complexity index is 339. The van der Waals surface area contributed by atoms with Crippen molar-refractivity contribution in [3.05, 3.63) is 23.8 Å². The summed E-state index contributed by atoms with van der Waals surface area (Å²) in [6, 6.07) is 6.39. The molecule has 0 aromatic heterocycles. The van der Waals surface area contributed by atoms with Crippen molar-refractivity contribution in [3.63, 3.8) is 0 Å². The maximum absolute atomic E-state index is 5.53. The first kappa shape index (κ1) is 9.38. The van der Waals surface area contributed by atoms with Gasteiger partial charge in [-0.2, -0.15) is 0 Å². The Balaban J connectivity index is 2.39. The van der Waals surface area contributed by atoms with Crippen LogP contribution >= 0.6 is 0 Å². The van der Waals surface area contributed by atoms with E-state index in [-0.39, 0.29) is 5.41 Å². The van der Waals surface area contributed by atoms with Crippen LogP contribution in [0.25, 0.3) is 0 Å². The summed E-state index contributed by atoms with van der Waals surface area (Å²) in [4.78, 5) is 0. The third kappa shape index (κ3) is 1.69. The van der Waals surface area contributed by atoms with Gasteiger partial charge >= 0.3 is 0 Å². The van der Waals surface area contributed by atoms with Crippen molar-refractivity contribution in [2.45, 2.75) is 26.2 Å². The van der Waals surface area contributed by atoms with Gasteiger partial charge in [-0.3, -0.25) is 0 Å². The van der Waals surface area contributed by atoms with Crippen molar-refractivity contribution in [1.29, 1.82) is 0 Å². The molecule has 0 spiro atoms. The summed E-state index contributed by atoms with van der Waals surface area (Å²) in [6.45, 7) is 8.33. The van der Waals surface area contributed by atoms with Gasteiger partial charge < -0.3 is 10.1 Å². The van der Waals surface area contributed by atoms with Crippen molar-refractivity contribution in [3.8, 4) is 5.75 Å². The second kappa shape index (κ2) is 3.19. The van der Waals surface area contributed by atoms with Crippen LogP contribution in [0.2, 0.25) is 0 Å². The van der Waals surface area contributed by atoms with E-state index in [0.717, 1.165) is 24.6 Å². The molecule has 1 aromatic carbocycles. The van der Waals surface area contributed by atoms with E-state index in [4.69, 9.17) is 4.74 Å². The lowest BCUT2D eigenvalue weighted by molar-refractivity contribution is 0.323. The minimum absolute atomic E-state index is 0.203. The fourth-order valence-electron chi connectivity index (χ4n) is 1.61. The molecule has 1 heterocycles. The molecule has 76 valence electrons. The van der Waals surface area contributed by atoms with E-state index in [1.165, 1.54) is 5.56 Å². The monoisotopic (exact) mass is 191 g/mol. The van der Waals surface area contributed by atoms with Crippen molar-refractivity contribution < 1.29 is 4.74 Å². The second-order valence-electron chi connectivity index (χ2n) is 4.74. The molecule has 2 rings (SSSR count). The van der Waals surface area contributed by atoms with Crippen molar-refractivity contribution in [1.82, 2.24) is 0 Å². The number of benzene rings is 1. The Morgan fingerprint density at radius 3 is 2.79 bits per heavy atom. The molecular weight excluding hydrogens is 174 g/mol. The summed E-state index contributed by atoms with van der Waals surface area (Å²) in [5.74, 6) is 0.976. The smallest absolute Gasteiger partial charge is 0.142 e. The number of hydrogen-bond donors (Lipinski definition) is 1. The molecule has 14 heavy (non-hydrogen) atoms. The lowest BCUT2D eigenvalue weighted by Crippen LogP contribution is -2.19. The zero-order chi connectivity index (χ0) is 10.2. The molecule has 0 radical (unpaired) electrons. The molecule has 1 N–H and O–H groups in total. The third-order valence-electron chi connectivity index (χ3n) is 2.52. The van der Waals surface area contributed by atoms with E-state index in [1.54, 1.807) is 0 Å². The van der Waals surface area contributed by atoms with Crippen LogP contribution in [0, 0.1) is 0 Å². The van der Waals surface area contributed by atoms with Crippen molar-refractivity contribution in [2.24, 2.45) is 0 Å². The fourth-order valence-corrected chi connectivity index (χ4v) is 1.61. The molecule has 0 saturated heterocycles. The van der Waals surface area contributed by atoms with Gasteiger partial charge in [0, 0.05) is 6.54 Å². The van der Waals surface area contributed by atoms with Gasteiger partial charge in [-0.05, 0) is 23.1 Å². The Labute approximate surface area is 85.3 Å². The first-order valence-electron chi connectivity index (χ1n) is 5.08. The van der Waals surface area contributed by atoms with Crippen LogP contribution in [-0.4, -0.2) is 13.2 Å². The largest absolute Gasteiger partial charge is 0.490 e. The minimum atomic E-state index is 0.203. The average Bonchev–Trinajstić information content (AvgIpc) is 2.16. The minimum Gasteiger partial charge on any atom is -0.490 e. The summed E-state index contributed by atoms with van der Waals surface area (Å²) in [5.41, 5.74) is 2.67. The Kier molecular flexibility index (Phi) is 2.14. The number of fused-ring (bicyclic) bond motifs is 1. The molecule has 0 bridgehead atoms. The normalized spacial score (nSPS) is 15.4. The molecule has 0 aliphatic carbocycles. The van der Waals surface area contributed by atoms with E-state index in [0.29, 0.717) is 0 Å². The topological polar surface area (TPSA) is 21.3 Å². The van der Waals surface area contributed by atoms with Crippen molar-refractivity contribution >= 4 is 5.69 Å². The zero-order valence-electron chi connectivity index (χ0n) is 9.05. The molecule has 0 atom stereocenters. The van der Waals surface area contributed by atoms with Gasteiger partial charge in [-0.15, -0.1) is 0 Å². The van der Waals surface area contributed by atoms with E-state index in [1.807, 2.05) is 0 Å². The third-order valence-corrected chi connectivity index (χ3v) is 2.52. The molecule has 0 saturated carbocycles. The van der Waals surface area contributed by atoms with Crippen LogP contribution in [0.4, 0.5) is 5.69 Å². The number of nitrogens with one attached hydrogen (secondary N) is 1. The van der Waals surface area contributed by atoms with Crippen molar-refractivity contribution in [2.75, 3.05) is 18.5 Å². The molecule has 1 aromatic rings. The summed E-state index contributed by atoms with van der Waals surface area (Å²) < 4.78 is 5.53. The predicted octanol–water partition coefficient (Wildman–Crippen LogP) is 2.79. The van der Waals surface area contributed by atoms with Crippen LogP contribution in [0.5, 0.6) is 5.75 Å². The highest BCUT2D eigenvalue weighted by Crippen LogP contribution is 2.32. The van der Waals surface area contributed by atoms with E-state index in [2.05, 4.69) is 44.3 Å². The average molecular weight is 191 g/mol. The molecule has 0 fully saturated rings. The van der Waals surface area contributed by atoms with Crippen LogP contribution < -0.4 is 10.1 Å². The highest BCUT2D eigenvalue weighted by molar-refractivity contribution is 5.60. The second-order valence-corrected chi connectivity index (χ2v) is 4.74. The molecule has 0 amide bonds. The summed E-state index contributed by atoms with van der Waals surface area (Å²) >= 11 is 0. The van der Waals surface area contributed by atoms with Gasteiger partial charge in [0.25, 0.3) is 0 Å². The van der Waals surface area contributed by atoms with Crippen LogP contribution in [-0.2, 0) is 5.41 Å². The van der Waals surface area contributed by atoms with E-state index in [9.17, 15) is 0 Å². The van der Waals surface area contributed by atoms with E-state index < -0.39 is 0 Å². The summed E-state index contributed by atoms with van der Waals surface area (Å²) in [7, 11) is 0. The van der Waals surface area contributed by atoms with Gasteiger partial charge in [0.15, 0.2) is 0 Å². The number of rotatable bonds is 0. The first-order chi connectivity index (χ1) is 6.57. The van der Waals surface area contributed by atoms with Crippen LogP contribution in [0.1, 0.15) is 26.3 Å². The maximum atomic E-state index is 5.53. The van der Waals surface area contributed by atoms with Gasteiger partial charge in [-0.1, -0.05) is 26.8 Å². The van der Waals surface area contributed by atoms with Gasteiger partial charge in [0.2, 0.25) is 0 Å². The van der Waals surface area contributed by atoms with Gasteiger partial charge in [0.05, 0.1) is 5.69 Å². The molecule has 0 unspecified atom stereocenters.